The molecule has 1 aromatic rings. The number of carbonyl (C=O) groups is 1. The molecule has 17 heavy (non-hydrogen) atoms. The summed E-state index contributed by atoms with van der Waals surface area (Å²) in [6.07, 6.45) is 5.63. The zero-order chi connectivity index (χ0) is 11.8. The fourth-order valence-electron chi connectivity index (χ4n) is 2.82. The predicted octanol–water partition coefficient (Wildman–Crippen LogP) is 1.30. The van der Waals surface area contributed by atoms with E-state index in [2.05, 4.69) is 15.6 Å². The van der Waals surface area contributed by atoms with Crippen molar-refractivity contribution in [1.29, 1.82) is 0 Å². The van der Waals surface area contributed by atoms with Gasteiger partial charge in [-0.2, -0.15) is 0 Å². The maximum atomic E-state index is 13.3. The number of amides is 1. The molecule has 5 heteroatoms. The third-order valence-electron chi connectivity index (χ3n) is 3.67. The molecule has 2 N–H and O–H groups in total. The molecule has 0 saturated carbocycles. The summed E-state index contributed by atoms with van der Waals surface area (Å²) in [4.78, 5) is 15.7. The van der Waals surface area contributed by atoms with E-state index < -0.39 is 5.82 Å². The molecule has 0 aliphatic carbocycles. The lowest BCUT2D eigenvalue weighted by molar-refractivity contribution is -0.120. The Hall–Kier alpha value is -1.49. The standard InChI is InChI=1S/C12H14FN3O/c13-9-6-14-4-3-11(9)16-12(17)8-5-7-1-2-10(8)15-7/h3-4,6-8,10,15H,1-2,5H2,(H,14,16,17). The fraction of sp³-hybridized carbons (Fsp3) is 0.500. The molecule has 1 amide bonds. The van der Waals surface area contributed by atoms with E-state index in [1.165, 1.54) is 12.3 Å². The molecule has 90 valence electrons. The highest BCUT2D eigenvalue weighted by Crippen LogP contribution is 2.33. The first-order valence-electron chi connectivity index (χ1n) is 5.90. The number of nitrogens with zero attached hydrogens (tertiary/aromatic N) is 1. The van der Waals surface area contributed by atoms with Crippen molar-refractivity contribution in [3.8, 4) is 0 Å². The van der Waals surface area contributed by atoms with Crippen LogP contribution in [0.1, 0.15) is 19.3 Å². The lowest BCUT2D eigenvalue weighted by Crippen LogP contribution is -2.33. The summed E-state index contributed by atoms with van der Waals surface area (Å²) in [7, 11) is 0. The van der Waals surface area contributed by atoms with Crippen LogP contribution in [0.3, 0.4) is 0 Å². The first kappa shape index (κ1) is 10.7. The molecule has 3 unspecified atom stereocenters. The van der Waals surface area contributed by atoms with Gasteiger partial charge in [0.1, 0.15) is 0 Å². The molecule has 1 aromatic heterocycles. The highest BCUT2D eigenvalue weighted by atomic mass is 19.1. The highest BCUT2D eigenvalue weighted by Gasteiger charge is 2.42. The molecule has 2 saturated heterocycles. The third kappa shape index (κ3) is 1.91. The van der Waals surface area contributed by atoms with Crippen LogP contribution in [-0.2, 0) is 4.79 Å². The number of hydrogen-bond donors (Lipinski definition) is 2. The van der Waals surface area contributed by atoms with Gasteiger partial charge in [-0.3, -0.25) is 9.78 Å². The molecule has 0 spiro atoms. The number of hydrogen-bond acceptors (Lipinski definition) is 3. The van der Waals surface area contributed by atoms with Gasteiger partial charge >= 0.3 is 0 Å². The van der Waals surface area contributed by atoms with Crippen LogP contribution < -0.4 is 10.6 Å². The van der Waals surface area contributed by atoms with E-state index >= 15 is 0 Å². The lowest BCUT2D eigenvalue weighted by atomic mass is 9.88. The van der Waals surface area contributed by atoms with E-state index in [4.69, 9.17) is 0 Å². The van der Waals surface area contributed by atoms with Crippen molar-refractivity contribution in [3.05, 3.63) is 24.3 Å². The van der Waals surface area contributed by atoms with Crippen molar-refractivity contribution < 1.29 is 9.18 Å². The summed E-state index contributed by atoms with van der Waals surface area (Å²) < 4.78 is 13.3. The van der Waals surface area contributed by atoms with Crippen molar-refractivity contribution in [3.63, 3.8) is 0 Å². The van der Waals surface area contributed by atoms with E-state index in [9.17, 15) is 9.18 Å². The van der Waals surface area contributed by atoms with E-state index in [-0.39, 0.29) is 23.6 Å². The Balaban J connectivity index is 1.70. The maximum absolute atomic E-state index is 13.3. The molecule has 3 heterocycles. The zero-order valence-corrected chi connectivity index (χ0v) is 9.32. The maximum Gasteiger partial charge on any atom is 0.229 e. The van der Waals surface area contributed by atoms with Gasteiger partial charge in [0.15, 0.2) is 5.82 Å². The number of anilines is 1. The summed E-state index contributed by atoms with van der Waals surface area (Å²) in [6, 6.07) is 2.22. The molecule has 3 atom stereocenters. The van der Waals surface area contributed by atoms with Crippen LogP contribution in [0.5, 0.6) is 0 Å². The van der Waals surface area contributed by atoms with Crippen LogP contribution in [0.2, 0.25) is 0 Å². The van der Waals surface area contributed by atoms with Crippen molar-refractivity contribution in [2.75, 3.05) is 5.32 Å². The number of fused-ring (bicyclic) bond motifs is 2. The summed E-state index contributed by atoms with van der Waals surface area (Å²) in [5, 5.41) is 6.04. The summed E-state index contributed by atoms with van der Waals surface area (Å²) >= 11 is 0. The van der Waals surface area contributed by atoms with Gasteiger partial charge in [0.2, 0.25) is 5.91 Å². The predicted molar refractivity (Wildman–Crippen MR) is 60.9 cm³/mol. The molecule has 0 aromatic carbocycles. The second kappa shape index (κ2) is 4.07. The topological polar surface area (TPSA) is 54.0 Å². The number of rotatable bonds is 2. The zero-order valence-electron chi connectivity index (χ0n) is 9.32. The monoisotopic (exact) mass is 235 g/mol. The normalized spacial score (nSPS) is 30.5. The van der Waals surface area contributed by atoms with Gasteiger partial charge in [-0.05, 0) is 25.3 Å². The molecule has 4 nitrogen and oxygen atoms in total. The minimum absolute atomic E-state index is 0.0266. The largest absolute Gasteiger partial charge is 0.323 e. The first-order valence-corrected chi connectivity index (χ1v) is 5.90. The van der Waals surface area contributed by atoms with Crippen molar-refractivity contribution in [1.82, 2.24) is 10.3 Å². The number of pyridine rings is 1. The second-order valence-electron chi connectivity index (χ2n) is 4.73. The average Bonchev–Trinajstić information content (AvgIpc) is 2.94. The first-order chi connectivity index (χ1) is 8.24. The summed E-state index contributed by atoms with van der Waals surface area (Å²) in [6.45, 7) is 0. The summed E-state index contributed by atoms with van der Waals surface area (Å²) in [5.41, 5.74) is 0.216. The molecule has 2 bridgehead atoms. The van der Waals surface area contributed by atoms with Crippen LogP contribution in [0.4, 0.5) is 10.1 Å². The van der Waals surface area contributed by atoms with Gasteiger partial charge in [-0.15, -0.1) is 0 Å². The minimum atomic E-state index is -0.489. The van der Waals surface area contributed by atoms with Crippen LogP contribution in [0.15, 0.2) is 18.5 Å². The Bertz CT molecular complexity index is 451. The van der Waals surface area contributed by atoms with Gasteiger partial charge in [0, 0.05) is 18.3 Å². The number of nitrogens with one attached hydrogen (secondary N) is 2. The molecular formula is C12H14FN3O. The SMILES string of the molecule is O=C(Nc1ccncc1F)C1CC2CCC1N2. The minimum Gasteiger partial charge on any atom is -0.323 e. The van der Waals surface area contributed by atoms with E-state index in [1.54, 1.807) is 0 Å². The number of halogens is 1. The molecule has 0 radical (unpaired) electrons. The number of aromatic nitrogens is 1. The fourth-order valence-corrected chi connectivity index (χ4v) is 2.82. The van der Waals surface area contributed by atoms with Crippen LogP contribution in [0.25, 0.3) is 0 Å². The lowest BCUT2D eigenvalue weighted by Gasteiger charge is -2.19. The van der Waals surface area contributed by atoms with Gasteiger partial charge in [-0.25, -0.2) is 4.39 Å². The molecule has 2 aliphatic rings. The van der Waals surface area contributed by atoms with Gasteiger partial charge in [0.25, 0.3) is 0 Å². The van der Waals surface area contributed by atoms with Gasteiger partial charge in [0.05, 0.1) is 17.8 Å². The molecular weight excluding hydrogens is 221 g/mol. The van der Waals surface area contributed by atoms with Gasteiger partial charge in [-0.1, -0.05) is 0 Å². The van der Waals surface area contributed by atoms with E-state index in [0.29, 0.717) is 6.04 Å². The van der Waals surface area contributed by atoms with Crippen molar-refractivity contribution in [2.45, 2.75) is 31.3 Å². The number of carbonyl (C=O) groups excluding carboxylic acids is 1. The van der Waals surface area contributed by atoms with E-state index in [0.717, 1.165) is 25.5 Å². The Kier molecular flexibility index (Phi) is 2.55. The second-order valence-corrected chi connectivity index (χ2v) is 4.73. The van der Waals surface area contributed by atoms with Gasteiger partial charge < -0.3 is 10.6 Å². The Morgan fingerprint density at radius 2 is 2.41 bits per heavy atom. The summed E-state index contributed by atoms with van der Waals surface area (Å²) in [5.74, 6) is -0.604. The Labute approximate surface area is 98.6 Å². The smallest absolute Gasteiger partial charge is 0.229 e. The average molecular weight is 235 g/mol. The third-order valence-corrected chi connectivity index (χ3v) is 3.67. The quantitative estimate of drug-likeness (QED) is 0.812. The van der Waals surface area contributed by atoms with E-state index in [1.807, 2.05) is 0 Å². The van der Waals surface area contributed by atoms with Crippen molar-refractivity contribution >= 4 is 11.6 Å². The molecule has 2 fully saturated rings. The Morgan fingerprint density at radius 1 is 1.53 bits per heavy atom. The molecule has 3 rings (SSSR count). The van der Waals surface area contributed by atoms with Crippen LogP contribution in [0, 0.1) is 11.7 Å². The van der Waals surface area contributed by atoms with Crippen molar-refractivity contribution in [2.24, 2.45) is 5.92 Å². The molecule has 2 aliphatic heterocycles. The van der Waals surface area contributed by atoms with Crippen LogP contribution >= 0.6 is 0 Å². The Morgan fingerprint density at radius 3 is 3.06 bits per heavy atom. The van der Waals surface area contributed by atoms with Crippen LogP contribution in [-0.4, -0.2) is 23.0 Å². The highest BCUT2D eigenvalue weighted by molar-refractivity contribution is 5.93.